The number of rotatable bonds is 4. The molecule has 1 aliphatic heterocycles. The van der Waals surface area contributed by atoms with Crippen molar-refractivity contribution in [1.29, 1.82) is 0 Å². The Bertz CT molecular complexity index is 599. The Morgan fingerprint density at radius 3 is 2.75 bits per heavy atom. The molecule has 2 atom stereocenters. The summed E-state index contributed by atoms with van der Waals surface area (Å²) in [6.45, 7) is 5.80. The van der Waals surface area contributed by atoms with Crippen molar-refractivity contribution in [2.45, 2.75) is 50.3 Å². The molecule has 2 N–H and O–H groups in total. The molecule has 5 nitrogen and oxygen atoms in total. The molecule has 0 amide bonds. The summed E-state index contributed by atoms with van der Waals surface area (Å²) in [5, 5.41) is 9.25. The first kappa shape index (κ1) is 15.4. The van der Waals surface area contributed by atoms with E-state index in [-0.39, 0.29) is 17.6 Å². The van der Waals surface area contributed by atoms with E-state index < -0.39 is 15.6 Å². The number of ether oxygens (including phenoxy) is 1. The van der Waals surface area contributed by atoms with E-state index in [2.05, 4.69) is 4.72 Å². The molecule has 2 unspecified atom stereocenters. The Hall–Kier alpha value is -0.950. The predicted octanol–water partition coefficient (Wildman–Crippen LogP) is 1.33. The van der Waals surface area contributed by atoms with E-state index in [0.717, 1.165) is 0 Å². The largest absolute Gasteiger partial charge is 0.392 e. The number of benzene rings is 1. The van der Waals surface area contributed by atoms with Crippen LogP contribution in [0.2, 0.25) is 0 Å². The average Bonchev–Trinajstić information content (AvgIpc) is 2.68. The van der Waals surface area contributed by atoms with Crippen LogP contribution in [0.25, 0.3) is 0 Å². The van der Waals surface area contributed by atoms with Gasteiger partial charge in [0.05, 0.1) is 23.1 Å². The second-order valence-electron chi connectivity index (χ2n) is 5.48. The molecule has 6 heteroatoms. The maximum absolute atomic E-state index is 12.6. The monoisotopic (exact) mass is 299 g/mol. The Balaban J connectivity index is 2.36. The average molecular weight is 299 g/mol. The molecule has 1 aliphatic rings. The first-order valence-electron chi connectivity index (χ1n) is 6.65. The maximum Gasteiger partial charge on any atom is 0.241 e. The second kappa shape index (κ2) is 5.44. The van der Waals surface area contributed by atoms with Crippen molar-refractivity contribution >= 4 is 10.0 Å². The lowest BCUT2D eigenvalue weighted by Crippen LogP contribution is -2.50. The van der Waals surface area contributed by atoms with Gasteiger partial charge in [0, 0.05) is 6.61 Å². The van der Waals surface area contributed by atoms with Gasteiger partial charge in [0.2, 0.25) is 10.0 Å². The van der Waals surface area contributed by atoms with Crippen LogP contribution in [0.3, 0.4) is 0 Å². The summed E-state index contributed by atoms with van der Waals surface area (Å²) in [6, 6.07) is 4.92. The molecule has 20 heavy (non-hydrogen) atoms. The minimum atomic E-state index is -3.64. The van der Waals surface area contributed by atoms with Gasteiger partial charge in [0.15, 0.2) is 0 Å². The minimum Gasteiger partial charge on any atom is -0.392 e. The van der Waals surface area contributed by atoms with E-state index in [1.807, 2.05) is 13.8 Å². The molecule has 1 heterocycles. The number of sulfonamides is 1. The van der Waals surface area contributed by atoms with E-state index in [9.17, 15) is 13.5 Å². The molecule has 1 aromatic carbocycles. The van der Waals surface area contributed by atoms with Gasteiger partial charge in [0.1, 0.15) is 0 Å². The lowest BCUT2D eigenvalue weighted by Gasteiger charge is -2.29. The van der Waals surface area contributed by atoms with Crippen LogP contribution in [0.5, 0.6) is 0 Å². The fraction of sp³-hybridized carbons (Fsp3) is 0.571. The molecule has 0 aliphatic carbocycles. The first-order chi connectivity index (χ1) is 9.30. The number of nitrogens with one attached hydrogen (secondary N) is 1. The summed E-state index contributed by atoms with van der Waals surface area (Å²) in [7, 11) is -3.64. The van der Waals surface area contributed by atoms with E-state index in [4.69, 9.17) is 4.74 Å². The summed E-state index contributed by atoms with van der Waals surface area (Å²) < 4.78 is 33.4. The molecule has 0 saturated carbocycles. The quantitative estimate of drug-likeness (QED) is 0.879. The number of aliphatic hydroxyl groups is 1. The topological polar surface area (TPSA) is 75.6 Å². The Morgan fingerprint density at radius 1 is 1.50 bits per heavy atom. The Morgan fingerprint density at radius 2 is 2.20 bits per heavy atom. The zero-order valence-corrected chi connectivity index (χ0v) is 12.8. The third-order valence-corrected chi connectivity index (χ3v) is 5.87. The lowest BCUT2D eigenvalue weighted by atomic mass is 9.97. The van der Waals surface area contributed by atoms with E-state index in [0.29, 0.717) is 24.2 Å². The van der Waals surface area contributed by atoms with Crippen molar-refractivity contribution in [1.82, 2.24) is 4.72 Å². The van der Waals surface area contributed by atoms with Crippen molar-refractivity contribution < 1.29 is 18.3 Å². The summed E-state index contributed by atoms with van der Waals surface area (Å²) in [4.78, 5) is 0.212. The van der Waals surface area contributed by atoms with Crippen molar-refractivity contribution in [3.05, 3.63) is 29.3 Å². The molecule has 1 saturated heterocycles. The fourth-order valence-corrected chi connectivity index (χ4v) is 4.24. The number of hydrogen-bond donors (Lipinski definition) is 2. The van der Waals surface area contributed by atoms with E-state index in [1.54, 1.807) is 25.1 Å². The third-order valence-electron chi connectivity index (χ3n) is 4.11. The molecule has 1 fully saturated rings. The highest BCUT2D eigenvalue weighted by atomic mass is 32.2. The highest BCUT2D eigenvalue weighted by Gasteiger charge is 2.40. The van der Waals surface area contributed by atoms with Crippen LogP contribution in [0.1, 0.15) is 31.4 Å². The lowest BCUT2D eigenvalue weighted by molar-refractivity contribution is 0.0957. The molecule has 0 spiro atoms. The van der Waals surface area contributed by atoms with E-state index >= 15 is 0 Å². The Labute approximate surface area is 120 Å². The van der Waals surface area contributed by atoms with Crippen LogP contribution in [0.15, 0.2) is 23.1 Å². The summed E-state index contributed by atoms with van der Waals surface area (Å²) in [6.07, 6.45) is 0.477. The van der Waals surface area contributed by atoms with Gasteiger partial charge in [0.25, 0.3) is 0 Å². The summed E-state index contributed by atoms with van der Waals surface area (Å²) in [5.74, 6) is 0. The normalized spacial score (nSPS) is 26.9. The zero-order valence-electron chi connectivity index (χ0n) is 12.0. The van der Waals surface area contributed by atoms with Crippen LogP contribution in [-0.2, 0) is 21.4 Å². The van der Waals surface area contributed by atoms with Crippen LogP contribution < -0.4 is 4.72 Å². The molecule has 1 aromatic rings. The molecule has 2 rings (SSSR count). The van der Waals surface area contributed by atoms with E-state index in [1.165, 1.54) is 0 Å². The highest BCUT2D eigenvalue weighted by molar-refractivity contribution is 7.89. The molecule has 112 valence electrons. The van der Waals surface area contributed by atoms with Crippen molar-refractivity contribution in [3.63, 3.8) is 0 Å². The van der Waals surface area contributed by atoms with Gasteiger partial charge in [-0.25, -0.2) is 13.1 Å². The van der Waals surface area contributed by atoms with Crippen molar-refractivity contribution in [3.8, 4) is 0 Å². The third kappa shape index (κ3) is 2.74. The predicted molar refractivity (Wildman–Crippen MR) is 75.9 cm³/mol. The Kier molecular flexibility index (Phi) is 4.20. The SMILES string of the molecule is Cc1c(CO)cccc1S(=O)(=O)NC1(C)CCOC1C. The molecule has 0 aromatic heterocycles. The second-order valence-corrected chi connectivity index (χ2v) is 7.14. The summed E-state index contributed by atoms with van der Waals surface area (Å²) >= 11 is 0. The first-order valence-corrected chi connectivity index (χ1v) is 8.13. The smallest absolute Gasteiger partial charge is 0.241 e. The molecular formula is C14H21NO4S. The van der Waals surface area contributed by atoms with Crippen LogP contribution in [0.4, 0.5) is 0 Å². The standard InChI is InChI=1S/C14H21NO4S/c1-10-12(9-16)5-4-6-13(10)20(17,18)15-14(3)7-8-19-11(14)2/h4-6,11,15-16H,7-9H2,1-3H3. The van der Waals surface area contributed by atoms with Crippen molar-refractivity contribution in [2.24, 2.45) is 0 Å². The number of aliphatic hydroxyl groups excluding tert-OH is 1. The van der Waals surface area contributed by atoms with Gasteiger partial charge in [-0.15, -0.1) is 0 Å². The molecule has 0 radical (unpaired) electrons. The molecular weight excluding hydrogens is 278 g/mol. The minimum absolute atomic E-state index is 0.168. The molecule has 0 bridgehead atoms. The van der Waals surface area contributed by atoms with Gasteiger partial charge in [-0.1, -0.05) is 12.1 Å². The fourth-order valence-electron chi connectivity index (χ4n) is 2.45. The van der Waals surface area contributed by atoms with Crippen LogP contribution in [0, 0.1) is 6.92 Å². The van der Waals surface area contributed by atoms with Gasteiger partial charge in [-0.2, -0.15) is 0 Å². The van der Waals surface area contributed by atoms with Gasteiger partial charge >= 0.3 is 0 Å². The van der Waals surface area contributed by atoms with Gasteiger partial charge < -0.3 is 9.84 Å². The zero-order chi connectivity index (χ0) is 15.0. The van der Waals surface area contributed by atoms with Crippen LogP contribution >= 0.6 is 0 Å². The van der Waals surface area contributed by atoms with Crippen molar-refractivity contribution in [2.75, 3.05) is 6.61 Å². The summed E-state index contributed by atoms with van der Waals surface area (Å²) in [5.41, 5.74) is 0.604. The number of hydrogen-bond acceptors (Lipinski definition) is 4. The van der Waals surface area contributed by atoms with Gasteiger partial charge in [-0.3, -0.25) is 0 Å². The maximum atomic E-state index is 12.6. The highest BCUT2D eigenvalue weighted by Crippen LogP contribution is 2.28. The van der Waals surface area contributed by atoms with Gasteiger partial charge in [-0.05, 0) is 44.4 Å². The van der Waals surface area contributed by atoms with Crippen LogP contribution in [-0.4, -0.2) is 31.8 Å².